The Hall–Kier alpha value is -0.120. The van der Waals surface area contributed by atoms with Crippen LogP contribution in [0.5, 0.6) is 0 Å². The minimum absolute atomic E-state index is 0.470. The van der Waals surface area contributed by atoms with E-state index in [1.165, 1.54) is 32.2 Å². The van der Waals surface area contributed by atoms with Gasteiger partial charge in [-0.3, -0.25) is 0 Å². The van der Waals surface area contributed by atoms with E-state index in [-0.39, 0.29) is 0 Å². The summed E-state index contributed by atoms with van der Waals surface area (Å²) in [6, 6.07) is 0.470. The second-order valence-corrected chi connectivity index (χ2v) is 4.79. The molecule has 2 atom stereocenters. The van der Waals surface area contributed by atoms with Gasteiger partial charge in [0.2, 0.25) is 0 Å². The van der Waals surface area contributed by atoms with Gasteiger partial charge in [-0.25, -0.2) is 0 Å². The Labute approximate surface area is 94.0 Å². The zero-order chi connectivity index (χ0) is 11.1. The van der Waals surface area contributed by atoms with Crippen molar-refractivity contribution >= 4 is 0 Å². The number of methoxy groups -OCH3 is 1. The largest absolute Gasteiger partial charge is 0.385 e. The van der Waals surface area contributed by atoms with Crippen LogP contribution in [0.1, 0.15) is 32.1 Å². The van der Waals surface area contributed by atoms with Gasteiger partial charge in [-0.1, -0.05) is 6.42 Å². The highest BCUT2D eigenvalue weighted by atomic mass is 16.5. The first-order chi connectivity index (χ1) is 7.24. The van der Waals surface area contributed by atoms with Gasteiger partial charge in [-0.2, -0.15) is 0 Å². The highest BCUT2D eigenvalue weighted by molar-refractivity contribution is 4.80. The second kappa shape index (κ2) is 7.20. The van der Waals surface area contributed by atoms with Crippen molar-refractivity contribution in [3.63, 3.8) is 0 Å². The van der Waals surface area contributed by atoms with E-state index < -0.39 is 0 Å². The zero-order valence-electron chi connectivity index (χ0n) is 10.2. The van der Waals surface area contributed by atoms with Crippen LogP contribution in [0, 0.1) is 5.92 Å². The summed E-state index contributed by atoms with van der Waals surface area (Å²) in [5.41, 5.74) is 6.05. The topological polar surface area (TPSA) is 38.5 Å². The van der Waals surface area contributed by atoms with Crippen LogP contribution >= 0.6 is 0 Å². The van der Waals surface area contributed by atoms with Crippen molar-refractivity contribution in [1.82, 2.24) is 4.90 Å². The fourth-order valence-electron chi connectivity index (χ4n) is 2.40. The summed E-state index contributed by atoms with van der Waals surface area (Å²) >= 11 is 0. The molecule has 1 aliphatic carbocycles. The number of ether oxygens (including phenoxy) is 1. The molecular weight excluding hydrogens is 188 g/mol. The van der Waals surface area contributed by atoms with Gasteiger partial charge in [-0.15, -0.1) is 0 Å². The highest BCUT2D eigenvalue weighted by Gasteiger charge is 2.23. The van der Waals surface area contributed by atoms with Gasteiger partial charge < -0.3 is 15.4 Å². The van der Waals surface area contributed by atoms with Crippen LogP contribution in [0.25, 0.3) is 0 Å². The van der Waals surface area contributed by atoms with Gasteiger partial charge >= 0.3 is 0 Å². The van der Waals surface area contributed by atoms with Crippen molar-refractivity contribution in [2.75, 3.05) is 33.9 Å². The average molecular weight is 214 g/mol. The molecule has 0 spiro atoms. The Kier molecular flexibility index (Phi) is 6.22. The normalized spacial score (nSPS) is 26.4. The molecule has 0 heterocycles. The van der Waals surface area contributed by atoms with Crippen molar-refractivity contribution in [1.29, 1.82) is 0 Å². The summed E-state index contributed by atoms with van der Waals surface area (Å²) in [5.74, 6) is 0.773. The zero-order valence-corrected chi connectivity index (χ0v) is 10.2. The first kappa shape index (κ1) is 12.9. The van der Waals surface area contributed by atoms with Crippen LogP contribution in [-0.4, -0.2) is 44.8 Å². The molecule has 0 aromatic rings. The van der Waals surface area contributed by atoms with E-state index in [2.05, 4.69) is 11.9 Å². The van der Waals surface area contributed by atoms with Crippen molar-refractivity contribution in [3.8, 4) is 0 Å². The Balaban J connectivity index is 2.03. The summed E-state index contributed by atoms with van der Waals surface area (Å²) in [4.78, 5) is 2.39. The van der Waals surface area contributed by atoms with E-state index in [0.29, 0.717) is 6.04 Å². The number of hydrogen-bond donors (Lipinski definition) is 1. The third kappa shape index (κ3) is 4.96. The van der Waals surface area contributed by atoms with Crippen LogP contribution in [0.15, 0.2) is 0 Å². The Morgan fingerprint density at radius 1 is 1.33 bits per heavy atom. The molecule has 3 heteroatoms. The fraction of sp³-hybridized carbons (Fsp3) is 1.00. The lowest BCUT2D eigenvalue weighted by atomic mass is 10.0. The lowest BCUT2D eigenvalue weighted by Crippen LogP contribution is -2.29. The van der Waals surface area contributed by atoms with Crippen LogP contribution in [0.2, 0.25) is 0 Å². The summed E-state index contributed by atoms with van der Waals surface area (Å²) in [6.45, 7) is 3.19. The predicted octanol–water partition coefficient (Wildman–Crippen LogP) is 1.47. The summed E-state index contributed by atoms with van der Waals surface area (Å²) in [5, 5.41) is 0. The lowest BCUT2D eigenvalue weighted by Gasteiger charge is -2.20. The van der Waals surface area contributed by atoms with E-state index in [1.54, 1.807) is 7.11 Å². The van der Waals surface area contributed by atoms with Crippen LogP contribution in [-0.2, 0) is 4.74 Å². The summed E-state index contributed by atoms with van der Waals surface area (Å²) in [6.07, 6.45) is 6.30. The van der Waals surface area contributed by atoms with Crippen LogP contribution < -0.4 is 5.73 Å². The van der Waals surface area contributed by atoms with Crippen LogP contribution in [0.4, 0.5) is 0 Å². The third-order valence-corrected chi connectivity index (χ3v) is 3.49. The van der Waals surface area contributed by atoms with E-state index >= 15 is 0 Å². The monoisotopic (exact) mass is 214 g/mol. The molecule has 0 bridgehead atoms. The standard InChI is InChI=1S/C12H26N2O/c1-14(8-4-10-15-2)9-7-11-5-3-6-12(11)13/h11-12H,3-10,13H2,1-2H3. The molecular formula is C12H26N2O. The predicted molar refractivity (Wildman–Crippen MR) is 63.9 cm³/mol. The molecule has 1 aliphatic rings. The minimum atomic E-state index is 0.470. The highest BCUT2D eigenvalue weighted by Crippen LogP contribution is 2.26. The molecule has 90 valence electrons. The molecule has 2 unspecified atom stereocenters. The Bertz CT molecular complexity index is 164. The third-order valence-electron chi connectivity index (χ3n) is 3.49. The van der Waals surface area contributed by atoms with Gasteiger partial charge in [-0.05, 0) is 45.2 Å². The van der Waals surface area contributed by atoms with Gasteiger partial charge in [0.05, 0.1) is 0 Å². The maximum atomic E-state index is 6.05. The van der Waals surface area contributed by atoms with Gasteiger partial charge in [0.15, 0.2) is 0 Å². The van der Waals surface area contributed by atoms with Gasteiger partial charge in [0, 0.05) is 26.3 Å². The quantitative estimate of drug-likeness (QED) is 0.652. The smallest absolute Gasteiger partial charge is 0.0474 e. The number of nitrogens with zero attached hydrogens (tertiary/aromatic N) is 1. The Morgan fingerprint density at radius 3 is 2.73 bits per heavy atom. The van der Waals surface area contributed by atoms with E-state index in [4.69, 9.17) is 10.5 Å². The first-order valence-electron chi connectivity index (χ1n) is 6.17. The van der Waals surface area contributed by atoms with Crippen LogP contribution in [0.3, 0.4) is 0 Å². The molecule has 0 aliphatic heterocycles. The lowest BCUT2D eigenvalue weighted by molar-refractivity contribution is 0.177. The second-order valence-electron chi connectivity index (χ2n) is 4.79. The summed E-state index contributed by atoms with van der Waals surface area (Å²) < 4.78 is 5.04. The van der Waals surface area contributed by atoms with Crippen molar-refractivity contribution in [2.24, 2.45) is 11.7 Å². The molecule has 0 aromatic heterocycles. The molecule has 3 nitrogen and oxygen atoms in total. The van der Waals surface area contributed by atoms with Crippen molar-refractivity contribution in [2.45, 2.75) is 38.1 Å². The molecule has 2 N–H and O–H groups in total. The van der Waals surface area contributed by atoms with Gasteiger partial charge in [0.25, 0.3) is 0 Å². The molecule has 1 rings (SSSR count). The molecule has 1 fully saturated rings. The van der Waals surface area contributed by atoms with Crippen molar-refractivity contribution < 1.29 is 4.74 Å². The first-order valence-corrected chi connectivity index (χ1v) is 6.17. The van der Waals surface area contributed by atoms with Crippen molar-refractivity contribution in [3.05, 3.63) is 0 Å². The number of rotatable bonds is 7. The maximum Gasteiger partial charge on any atom is 0.0474 e. The van der Waals surface area contributed by atoms with E-state index in [1.807, 2.05) is 0 Å². The molecule has 15 heavy (non-hydrogen) atoms. The molecule has 1 saturated carbocycles. The fourth-order valence-corrected chi connectivity index (χ4v) is 2.40. The molecule has 0 radical (unpaired) electrons. The SMILES string of the molecule is COCCCN(C)CCC1CCCC1N. The molecule has 0 aromatic carbocycles. The van der Waals surface area contributed by atoms with E-state index in [0.717, 1.165) is 25.5 Å². The number of nitrogens with two attached hydrogens (primary N) is 1. The Morgan fingerprint density at radius 2 is 2.13 bits per heavy atom. The number of hydrogen-bond acceptors (Lipinski definition) is 3. The summed E-state index contributed by atoms with van der Waals surface area (Å²) in [7, 11) is 3.95. The van der Waals surface area contributed by atoms with E-state index in [9.17, 15) is 0 Å². The minimum Gasteiger partial charge on any atom is -0.385 e. The average Bonchev–Trinajstić information content (AvgIpc) is 2.61. The molecule has 0 amide bonds. The van der Waals surface area contributed by atoms with Gasteiger partial charge in [0.1, 0.15) is 0 Å². The maximum absolute atomic E-state index is 6.05. The molecule has 0 saturated heterocycles.